The predicted octanol–water partition coefficient (Wildman–Crippen LogP) is 4.97. The highest BCUT2D eigenvalue weighted by Crippen LogP contribution is 2.46. The van der Waals surface area contributed by atoms with Crippen LogP contribution in [0.15, 0.2) is 18.2 Å². The fourth-order valence-corrected chi connectivity index (χ4v) is 5.65. The van der Waals surface area contributed by atoms with Crippen LogP contribution < -0.4 is 9.80 Å². The van der Waals surface area contributed by atoms with E-state index in [2.05, 4.69) is 0 Å². The van der Waals surface area contributed by atoms with Gasteiger partial charge in [-0.1, -0.05) is 19.3 Å². The van der Waals surface area contributed by atoms with Gasteiger partial charge in [-0.15, -0.1) is 0 Å². The molecule has 0 aromatic heterocycles. The Morgan fingerprint density at radius 2 is 1.84 bits per heavy atom. The van der Waals surface area contributed by atoms with Gasteiger partial charge in [0.25, 0.3) is 0 Å². The highest BCUT2D eigenvalue weighted by Gasteiger charge is 2.51. The molecule has 1 aliphatic carbocycles. The zero-order chi connectivity index (χ0) is 23.1. The van der Waals surface area contributed by atoms with Crippen molar-refractivity contribution in [3.05, 3.63) is 23.8 Å². The van der Waals surface area contributed by atoms with E-state index in [-0.39, 0.29) is 29.9 Å². The Bertz CT molecular complexity index is 885. The Hall–Kier alpha value is -2.45. The summed E-state index contributed by atoms with van der Waals surface area (Å²) in [6, 6.07) is 3.89. The van der Waals surface area contributed by atoms with Gasteiger partial charge in [-0.05, 0) is 50.3 Å². The van der Waals surface area contributed by atoms with E-state index in [0.29, 0.717) is 32.4 Å². The molecular weight excluding hydrogens is 423 g/mol. The maximum atomic E-state index is 13.9. The van der Waals surface area contributed by atoms with Crippen LogP contribution in [0.1, 0.15) is 56.9 Å². The molecule has 1 N–H and O–H groups in total. The quantitative estimate of drug-likeness (QED) is 0.702. The molecule has 3 aliphatic rings. The minimum absolute atomic E-state index is 0.0167. The fourth-order valence-electron chi connectivity index (χ4n) is 5.65. The molecule has 1 aromatic rings. The smallest absolute Gasteiger partial charge is 0.418 e. The van der Waals surface area contributed by atoms with Crippen LogP contribution in [0.25, 0.3) is 0 Å². The van der Waals surface area contributed by atoms with E-state index in [1.807, 2.05) is 4.90 Å². The monoisotopic (exact) mass is 453 g/mol. The summed E-state index contributed by atoms with van der Waals surface area (Å²) in [4.78, 5) is 29.1. The summed E-state index contributed by atoms with van der Waals surface area (Å²) >= 11 is 0. The zero-order valence-electron chi connectivity index (χ0n) is 18.3. The van der Waals surface area contributed by atoms with Gasteiger partial charge in [0.2, 0.25) is 5.91 Å². The van der Waals surface area contributed by atoms with Gasteiger partial charge in [0, 0.05) is 44.1 Å². The lowest BCUT2D eigenvalue weighted by Crippen LogP contribution is -2.50. The lowest BCUT2D eigenvalue weighted by atomic mass is 9.78. The van der Waals surface area contributed by atoms with Gasteiger partial charge in [-0.3, -0.25) is 9.69 Å². The van der Waals surface area contributed by atoms with Gasteiger partial charge in [0.05, 0.1) is 11.0 Å². The Kier molecular flexibility index (Phi) is 6.02. The molecule has 2 heterocycles. The van der Waals surface area contributed by atoms with E-state index in [0.717, 1.165) is 36.6 Å². The minimum Gasteiger partial charge on any atom is -0.465 e. The number of carboxylic acid groups (broad SMARTS) is 1. The molecular formula is C23H30F3N3O3. The highest BCUT2D eigenvalue weighted by molar-refractivity contribution is 5.87. The molecule has 176 valence electrons. The summed E-state index contributed by atoms with van der Waals surface area (Å²) in [5, 5.41) is 9.14. The highest BCUT2D eigenvalue weighted by atomic mass is 19.4. The third kappa shape index (κ3) is 4.13. The van der Waals surface area contributed by atoms with Crippen LogP contribution in [0, 0.1) is 5.41 Å². The van der Waals surface area contributed by atoms with Crippen molar-refractivity contribution in [2.24, 2.45) is 5.41 Å². The lowest BCUT2D eigenvalue weighted by molar-refractivity contribution is -0.139. The average Bonchev–Trinajstić information content (AvgIpc) is 3.08. The van der Waals surface area contributed by atoms with E-state index in [9.17, 15) is 22.8 Å². The Morgan fingerprint density at radius 3 is 2.50 bits per heavy atom. The standard InChI is InChI=1S/C23H30F3N3O3/c1-27(21(31)32)17-8-9-19(18(14-17)23(24,25)26)28-12-5-10-22(15-28)11-13-29(20(22)30)16-6-3-2-4-7-16/h8-9,14,16H,2-7,10-13,15H2,1H3,(H,31,32)/t22-/m0/s1. The SMILES string of the molecule is CN(C(=O)O)c1ccc(N2CCC[C@]3(CCN(C4CCCCC4)C3=O)C2)c(C(F)(F)F)c1. The number of carbonyl (C=O) groups is 2. The van der Waals surface area contributed by atoms with Crippen LogP contribution >= 0.6 is 0 Å². The van der Waals surface area contributed by atoms with Crippen molar-refractivity contribution >= 4 is 23.4 Å². The van der Waals surface area contributed by atoms with Gasteiger partial charge in [0.1, 0.15) is 0 Å². The zero-order valence-corrected chi connectivity index (χ0v) is 18.3. The molecule has 1 aromatic carbocycles. The summed E-state index contributed by atoms with van der Waals surface area (Å²) in [6.45, 7) is 1.40. The van der Waals surface area contributed by atoms with Gasteiger partial charge >= 0.3 is 12.3 Å². The predicted molar refractivity (Wildman–Crippen MR) is 115 cm³/mol. The van der Waals surface area contributed by atoms with Crippen molar-refractivity contribution in [3.63, 3.8) is 0 Å². The summed E-state index contributed by atoms with van der Waals surface area (Å²) in [5.74, 6) is 0.102. The first-order valence-corrected chi connectivity index (χ1v) is 11.4. The third-order valence-corrected chi connectivity index (χ3v) is 7.44. The van der Waals surface area contributed by atoms with E-state index >= 15 is 0 Å². The number of likely N-dealkylation sites (tertiary alicyclic amines) is 1. The normalized spacial score (nSPS) is 24.9. The maximum absolute atomic E-state index is 13.9. The number of alkyl halides is 3. The number of amides is 2. The van der Waals surface area contributed by atoms with Crippen molar-refractivity contribution in [1.29, 1.82) is 0 Å². The van der Waals surface area contributed by atoms with E-state index < -0.39 is 23.2 Å². The fraction of sp³-hybridized carbons (Fsp3) is 0.652. The van der Waals surface area contributed by atoms with Crippen molar-refractivity contribution in [2.45, 2.75) is 63.6 Å². The van der Waals surface area contributed by atoms with Crippen LogP contribution in [0.4, 0.5) is 29.3 Å². The number of halogens is 3. The Labute approximate surface area is 186 Å². The molecule has 3 fully saturated rings. The number of hydrogen-bond acceptors (Lipinski definition) is 3. The Morgan fingerprint density at radius 1 is 1.12 bits per heavy atom. The Balaban J connectivity index is 1.60. The third-order valence-electron chi connectivity index (χ3n) is 7.44. The van der Waals surface area contributed by atoms with Crippen LogP contribution in [0.2, 0.25) is 0 Å². The largest absolute Gasteiger partial charge is 0.465 e. The molecule has 0 radical (unpaired) electrons. The molecule has 2 amide bonds. The number of rotatable bonds is 3. The lowest BCUT2D eigenvalue weighted by Gasteiger charge is -2.42. The molecule has 1 saturated carbocycles. The molecule has 0 bridgehead atoms. The number of carbonyl (C=O) groups excluding carboxylic acids is 1. The molecule has 9 heteroatoms. The molecule has 2 aliphatic heterocycles. The van der Waals surface area contributed by atoms with E-state index in [1.165, 1.54) is 25.6 Å². The van der Waals surface area contributed by atoms with Crippen molar-refractivity contribution in [2.75, 3.05) is 36.5 Å². The van der Waals surface area contributed by atoms with Gasteiger partial charge in [-0.2, -0.15) is 13.2 Å². The van der Waals surface area contributed by atoms with Crippen LogP contribution in [-0.2, 0) is 11.0 Å². The van der Waals surface area contributed by atoms with Gasteiger partial charge in [-0.25, -0.2) is 4.79 Å². The molecule has 6 nitrogen and oxygen atoms in total. The summed E-state index contributed by atoms with van der Waals surface area (Å²) < 4.78 is 41.8. The summed E-state index contributed by atoms with van der Waals surface area (Å²) in [5.41, 5.74) is -1.52. The second kappa shape index (κ2) is 8.48. The summed E-state index contributed by atoms with van der Waals surface area (Å²) in [6.07, 6.45) is 1.55. The second-order valence-electron chi connectivity index (χ2n) is 9.39. The van der Waals surface area contributed by atoms with Gasteiger partial charge < -0.3 is 14.9 Å². The second-order valence-corrected chi connectivity index (χ2v) is 9.39. The van der Waals surface area contributed by atoms with Crippen LogP contribution in [0.5, 0.6) is 0 Å². The van der Waals surface area contributed by atoms with E-state index in [4.69, 9.17) is 5.11 Å². The van der Waals surface area contributed by atoms with E-state index in [1.54, 1.807) is 4.90 Å². The molecule has 32 heavy (non-hydrogen) atoms. The molecule has 1 atom stereocenters. The van der Waals surface area contributed by atoms with Crippen LogP contribution in [0.3, 0.4) is 0 Å². The molecule has 2 saturated heterocycles. The van der Waals surface area contributed by atoms with Crippen molar-refractivity contribution < 1.29 is 27.9 Å². The maximum Gasteiger partial charge on any atom is 0.418 e. The first-order valence-electron chi connectivity index (χ1n) is 11.4. The summed E-state index contributed by atoms with van der Waals surface area (Å²) in [7, 11) is 1.21. The average molecular weight is 454 g/mol. The minimum atomic E-state index is -4.64. The molecule has 1 spiro atoms. The number of nitrogens with zero attached hydrogens (tertiary/aromatic N) is 3. The van der Waals surface area contributed by atoms with Crippen LogP contribution in [-0.4, -0.2) is 54.7 Å². The number of anilines is 2. The topological polar surface area (TPSA) is 64.1 Å². The number of piperidine rings is 1. The first kappa shape index (κ1) is 22.7. The first-order chi connectivity index (χ1) is 15.1. The van der Waals surface area contributed by atoms with Crippen molar-refractivity contribution in [3.8, 4) is 0 Å². The van der Waals surface area contributed by atoms with Gasteiger partial charge in [0.15, 0.2) is 0 Å². The molecule has 0 unspecified atom stereocenters. The number of benzene rings is 1. The number of hydrogen-bond donors (Lipinski definition) is 1. The molecule has 4 rings (SSSR count). The van der Waals surface area contributed by atoms with Crippen molar-refractivity contribution in [1.82, 2.24) is 4.90 Å².